The number of halogens is 1. The van der Waals surface area contributed by atoms with Crippen LogP contribution >= 0.6 is 15.9 Å². The van der Waals surface area contributed by atoms with Crippen LogP contribution in [0.3, 0.4) is 0 Å². The molecule has 0 bridgehead atoms. The quantitative estimate of drug-likeness (QED) is 0.944. The molecule has 1 aromatic carbocycles. The molecule has 17 heavy (non-hydrogen) atoms. The molecular formula is C11H10BrN3O2. The van der Waals surface area contributed by atoms with Gasteiger partial charge in [0.2, 0.25) is 0 Å². The summed E-state index contributed by atoms with van der Waals surface area (Å²) in [5.41, 5.74) is 0.980. The van der Waals surface area contributed by atoms with Crippen LogP contribution in [-0.2, 0) is 0 Å². The van der Waals surface area contributed by atoms with Gasteiger partial charge in [-0.15, -0.1) is 5.10 Å². The van der Waals surface area contributed by atoms with Gasteiger partial charge in [0.1, 0.15) is 0 Å². The zero-order valence-corrected chi connectivity index (χ0v) is 10.6. The zero-order chi connectivity index (χ0) is 12.4. The number of benzene rings is 1. The minimum Gasteiger partial charge on any atom is -0.476 e. The average Bonchev–Trinajstić information content (AvgIpc) is 2.77. The Morgan fingerprint density at radius 2 is 2.29 bits per heavy atom. The first-order chi connectivity index (χ1) is 8.08. The van der Waals surface area contributed by atoms with E-state index in [1.807, 2.05) is 31.2 Å². The second-order valence-electron chi connectivity index (χ2n) is 3.62. The Labute approximate surface area is 106 Å². The summed E-state index contributed by atoms with van der Waals surface area (Å²) >= 11 is 3.39. The van der Waals surface area contributed by atoms with E-state index in [0.29, 0.717) is 0 Å². The Bertz CT molecular complexity index is 553. The van der Waals surface area contributed by atoms with Gasteiger partial charge in [0.15, 0.2) is 5.69 Å². The van der Waals surface area contributed by atoms with Crippen molar-refractivity contribution in [3.8, 4) is 0 Å². The summed E-state index contributed by atoms with van der Waals surface area (Å²) in [7, 11) is 0. The first-order valence-corrected chi connectivity index (χ1v) is 5.78. The molecule has 2 rings (SSSR count). The van der Waals surface area contributed by atoms with Gasteiger partial charge in [0, 0.05) is 4.47 Å². The van der Waals surface area contributed by atoms with E-state index in [9.17, 15) is 4.79 Å². The van der Waals surface area contributed by atoms with Crippen molar-refractivity contribution >= 4 is 21.9 Å². The van der Waals surface area contributed by atoms with Gasteiger partial charge < -0.3 is 5.11 Å². The fourth-order valence-electron chi connectivity index (χ4n) is 1.48. The third kappa shape index (κ3) is 2.52. The zero-order valence-electron chi connectivity index (χ0n) is 9.04. The van der Waals surface area contributed by atoms with Crippen molar-refractivity contribution in [3.63, 3.8) is 0 Å². The van der Waals surface area contributed by atoms with Crippen molar-refractivity contribution in [2.75, 3.05) is 0 Å². The van der Waals surface area contributed by atoms with Gasteiger partial charge in [0.05, 0.1) is 12.2 Å². The minimum absolute atomic E-state index is 0.0492. The Balaban J connectivity index is 2.30. The summed E-state index contributed by atoms with van der Waals surface area (Å²) in [6, 6.07) is 7.71. The van der Waals surface area contributed by atoms with Crippen LogP contribution in [0.1, 0.15) is 29.0 Å². The molecule has 0 saturated heterocycles. The highest BCUT2D eigenvalue weighted by atomic mass is 79.9. The molecule has 5 nitrogen and oxygen atoms in total. The topological polar surface area (TPSA) is 68.0 Å². The fourth-order valence-corrected chi connectivity index (χ4v) is 1.90. The van der Waals surface area contributed by atoms with Gasteiger partial charge in [-0.05, 0) is 24.6 Å². The summed E-state index contributed by atoms with van der Waals surface area (Å²) < 4.78 is 2.51. The highest BCUT2D eigenvalue weighted by Crippen LogP contribution is 2.20. The lowest BCUT2D eigenvalue weighted by molar-refractivity contribution is 0.0690. The van der Waals surface area contributed by atoms with E-state index < -0.39 is 5.97 Å². The lowest BCUT2D eigenvalue weighted by atomic mass is 10.1. The predicted octanol–water partition coefficient (Wildman–Crippen LogP) is 2.35. The van der Waals surface area contributed by atoms with E-state index in [1.54, 1.807) is 0 Å². The molecule has 1 atom stereocenters. The summed E-state index contributed by atoms with van der Waals surface area (Å²) in [5, 5.41) is 16.2. The highest BCUT2D eigenvalue weighted by Gasteiger charge is 2.13. The first-order valence-electron chi connectivity index (χ1n) is 4.98. The molecular weight excluding hydrogens is 286 g/mol. The van der Waals surface area contributed by atoms with Gasteiger partial charge in [-0.25, -0.2) is 9.48 Å². The van der Waals surface area contributed by atoms with Crippen LogP contribution in [0.5, 0.6) is 0 Å². The number of hydrogen-bond donors (Lipinski definition) is 1. The van der Waals surface area contributed by atoms with Gasteiger partial charge in [-0.2, -0.15) is 0 Å². The van der Waals surface area contributed by atoms with Crippen molar-refractivity contribution in [3.05, 3.63) is 46.2 Å². The molecule has 88 valence electrons. The van der Waals surface area contributed by atoms with E-state index in [2.05, 4.69) is 26.2 Å². The largest absolute Gasteiger partial charge is 0.476 e. The monoisotopic (exact) mass is 295 g/mol. The lowest BCUT2D eigenvalue weighted by Crippen LogP contribution is -2.07. The average molecular weight is 296 g/mol. The fraction of sp³-hybridized carbons (Fsp3) is 0.182. The normalized spacial score (nSPS) is 12.4. The van der Waals surface area contributed by atoms with Gasteiger partial charge >= 0.3 is 5.97 Å². The van der Waals surface area contributed by atoms with Gasteiger partial charge in [0.25, 0.3) is 0 Å². The molecule has 0 aliphatic heterocycles. The number of carboxylic acids is 1. The SMILES string of the molecule is CC(c1cccc(Br)c1)n1cc(C(=O)O)nn1. The molecule has 6 heteroatoms. The number of carboxylic acid groups (broad SMARTS) is 1. The number of carbonyl (C=O) groups is 1. The Morgan fingerprint density at radius 3 is 2.88 bits per heavy atom. The van der Waals surface area contributed by atoms with Crippen molar-refractivity contribution in [2.45, 2.75) is 13.0 Å². The van der Waals surface area contributed by atoms with Crippen LogP contribution in [0.2, 0.25) is 0 Å². The number of hydrogen-bond acceptors (Lipinski definition) is 3. The van der Waals surface area contributed by atoms with E-state index in [1.165, 1.54) is 10.9 Å². The van der Waals surface area contributed by atoms with E-state index in [-0.39, 0.29) is 11.7 Å². The molecule has 0 spiro atoms. The van der Waals surface area contributed by atoms with Crippen LogP contribution in [0.4, 0.5) is 0 Å². The molecule has 1 N–H and O–H groups in total. The molecule has 0 aliphatic rings. The summed E-state index contributed by atoms with van der Waals surface area (Å²) in [6.45, 7) is 1.93. The number of aromatic carboxylic acids is 1. The molecule has 0 radical (unpaired) electrons. The van der Waals surface area contributed by atoms with Crippen LogP contribution in [0.15, 0.2) is 34.9 Å². The first kappa shape index (κ1) is 11.8. The summed E-state index contributed by atoms with van der Waals surface area (Å²) in [4.78, 5) is 10.7. The molecule has 2 aromatic rings. The number of nitrogens with zero attached hydrogens (tertiary/aromatic N) is 3. The minimum atomic E-state index is -1.07. The summed E-state index contributed by atoms with van der Waals surface area (Å²) in [5.74, 6) is -1.07. The standard InChI is InChI=1S/C11H10BrN3O2/c1-7(8-3-2-4-9(12)5-8)15-6-10(11(16)17)13-14-15/h2-7H,1H3,(H,16,17). The van der Waals surface area contributed by atoms with E-state index >= 15 is 0 Å². The lowest BCUT2D eigenvalue weighted by Gasteiger charge is -2.11. The second kappa shape index (κ2) is 4.67. The Hall–Kier alpha value is -1.69. The maximum Gasteiger partial charge on any atom is 0.358 e. The maximum absolute atomic E-state index is 10.7. The van der Waals surface area contributed by atoms with Gasteiger partial charge in [-0.3, -0.25) is 0 Å². The van der Waals surface area contributed by atoms with Crippen LogP contribution in [0.25, 0.3) is 0 Å². The highest BCUT2D eigenvalue weighted by molar-refractivity contribution is 9.10. The second-order valence-corrected chi connectivity index (χ2v) is 4.54. The van der Waals surface area contributed by atoms with Crippen molar-refractivity contribution in [2.24, 2.45) is 0 Å². The third-order valence-electron chi connectivity index (χ3n) is 2.46. The van der Waals surface area contributed by atoms with Crippen molar-refractivity contribution in [1.29, 1.82) is 0 Å². The molecule has 0 amide bonds. The molecule has 1 heterocycles. The Morgan fingerprint density at radius 1 is 1.53 bits per heavy atom. The molecule has 0 saturated carbocycles. The van der Waals surface area contributed by atoms with Gasteiger partial charge in [-0.1, -0.05) is 33.3 Å². The predicted molar refractivity (Wildman–Crippen MR) is 64.9 cm³/mol. The molecule has 0 fully saturated rings. The van der Waals surface area contributed by atoms with Crippen molar-refractivity contribution < 1.29 is 9.90 Å². The van der Waals surface area contributed by atoms with E-state index in [0.717, 1.165) is 10.0 Å². The van der Waals surface area contributed by atoms with Crippen LogP contribution in [0, 0.1) is 0 Å². The van der Waals surface area contributed by atoms with Crippen molar-refractivity contribution in [1.82, 2.24) is 15.0 Å². The smallest absolute Gasteiger partial charge is 0.358 e. The van der Waals surface area contributed by atoms with Crippen LogP contribution in [-0.4, -0.2) is 26.1 Å². The number of aromatic nitrogens is 3. The summed E-state index contributed by atoms with van der Waals surface area (Å²) in [6.07, 6.45) is 1.42. The number of rotatable bonds is 3. The third-order valence-corrected chi connectivity index (χ3v) is 2.95. The Kier molecular flexibility index (Phi) is 3.23. The molecule has 1 aromatic heterocycles. The molecule has 0 aliphatic carbocycles. The molecule has 1 unspecified atom stereocenters. The van der Waals surface area contributed by atoms with E-state index in [4.69, 9.17) is 5.11 Å². The maximum atomic E-state index is 10.7. The van der Waals surface area contributed by atoms with Crippen LogP contribution < -0.4 is 0 Å².